The van der Waals surface area contributed by atoms with Gasteiger partial charge in [0.25, 0.3) is 15.9 Å². The van der Waals surface area contributed by atoms with Crippen LogP contribution in [0.3, 0.4) is 0 Å². The summed E-state index contributed by atoms with van der Waals surface area (Å²) in [4.78, 5) is 4.27. The second kappa shape index (κ2) is 7.34. The third-order valence-electron chi connectivity index (χ3n) is 3.75. The topological polar surface area (TPSA) is 85.1 Å². The number of sulfonamides is 1. The summed E-state index contributed by atoms with van der Waals surface area (Å²) in [5, 5.41) is 5.55. The number of hydrogen-bond donors (Lipinski definition) is 1. The molecule has 0 fully saturated rings. The minimum absolute atomic E-state index is 0.0420. The largest absolute Gasteiger partial charge is 0.334 e. The predicted octanol–water partition coefficient (Wildman–Crippen LogP) is 5.06. The van der Waals surface area contributed by atoms with E-state index in [2.05, 4.69) is 14.9 Å². The molecular weight excluding hydrogens is 425 g/mol. The van der Waals surface area contributed by atoms with Crippen LogP contribution in [0.4, 0.5) is 10.1 Å². The van der Waals surface area contributed by atoms with Crippen LogP contribution >= 0.6 is 22.9 Å². The fraction of sp³-hybridized carbons (Fsp3) is 0. The van der Waals surface area contributed by atoms with E-state index in [-0.39, 0.29) is 15.1 Å². The molecule has 2 aromatic carbocycles. The number of anilines is 1. The molecule has 0 amide bonds. The molecular formula is C18H11ClFN3O3S2. The zero-order chi connectivity index (χ0) is 19.7. The Kier molecular flexibility index (Phi) is 4.88. The Bertz CT molecular complexity index is 1220. The van der Waals surface area contributed by atoms with Gasteiger partial charge in [-0.1, -0.05) is 22.8 Å². The summed E-state index contributed by atoms with van der Waals surface area (Å²) < 4.78 is 45.7. The minimum Gasteiger partial charge on any atom is -0.334 e. The highest BCUT2D eigenvalue weighted by molar-refractivity contribution is 7.94. The van der Waals surface area contributed by atoms with Gasteiger partial charge >= 0.3 is 0 Å². The number of nitrogens with one attached hydrogen (secondary N) is 1. The maximum Gasteiger partial charge on any atom is 0.271 e. The Morgan fingerprint density at radius 3 is 2.50 bits per heavy atom. The van der Waals surface area contributed by atoms with E-state index in [0.717, 1.165) is 11.3 Å². The molecule has 28 heavy (non-hydrogen) atoms. The quantitative estimate of drug-likeness (QED) is 0.473. The molecule has 6 nitrogen and oxygen atoms in total. The Balaban J connectivity index is 1.55. The van der Waals surface area contributed by atoms with Crippen LogP contribution in [0.2, 0.25) is 5.02 Å². The van der Waals surface area contributed by atoms with E-state index in [4.69, 9.17) is 16.1 Å². The predicted molar refractivity (Wildman–Crippen MR) is 105 cm³/mol. The van der Waals surface area contributed by atoms with Crippen molar-refractivity contribution in [2.75, 3.05) is 4.72 Å². The molecule has 0 saturated carbocycles. The smallest absolute Gasteiger partial charge is 0.271 e. The Morgan fingerprint density at radius 2 is 1.82 bits per heavy atom. The van der Waals surface area contributed by atoms with Crippen LogP contribution in [0.1, 0.15) is 0 Å². The van der Waals surface area contributed by atoms with Crippen LogP contribution in [-0.4, -0.2) is 18.6 Å². The zero-order valence-corrected chi connectivity index (χ0v) is 16.4. The monoisotopic (exact) mass is 435 g/mol. The first-order chi connectivity index (χ1) is 13.4. The first-order valence-corrected chi connectivity index (χ1v) is 10.6. The molecule has 2 heterocycles. The lowest BCUT2D eigenvalue weighted by molar-refractivity contribution is 0.432. The number of nitrogens with zero attached hydrogens (tertiary/aromatic N) is 2. The van der Waals surface area contributed by atoms with Crippen molar-refractivity contribution in [1.82, 2.24) is 10.1 Å². The van der Waals surface area contributed by atoms with Gasteiger partial charge in [-0.15, -0.1) is 11.3 Å². The van der Waals surface area contributed by atoms with Crippen molar-refractivity contribution in [1.29, 1.82) is 0 Å². The van der Waals surface area contributed by atoms with Crippen LogP contribution in [0, 0.1) is 5.82 Å². The van der Waals surface area contributed by atoms with Gasteiger partial charge in [-0.05, 0) is 53.9 Å². The second-order valence-corrected chi connectivity index (χ2v) is 8.93. The van der Waals surface area contributed by atoms with Gasteiger partial charge in [0.1, 0.15) is 10.0 Å². The first kappa shape index (κ1) is 18.6. The molecule has 0 spiro atoms. The number of aromatic nitrogens is 2. The van der Waals surface area contributed by atoms with Gasteiger partial charge in [-0.25, -0.2) is 12.8 Å². The molecule has 0 bridgehead atoms. The van der Waals surface area contributed by atoms with Gasteiger partial charge in [-0.3, -0.25) is 4.72 Å². The fourth-order valence-electron chi connectivity index (χ4n) is 2.40. The van der Waals surface area contributed by atoms with E-state index in [1.165, 1.54) is 24.3 Å². The van der Waals surface area contributed by atoms with Crippen molar-refractivity contribution in [3.8, 4) is 22.8 Å². The van der Waals surface area contributed by atoms with Crippen LogP contribution < -0.4 is 4.72 Å². The number of thiophene rings is 1. The average molecular weight is 436 g/mol. The summed E-state index contributed by atoms with van der Waals surface area (Å²) in [6, 6.07) is 13.8. The maximum absolute atomic E-state index is 13.3. The number of benzene rings is 2. The van der Waals surface area contributed by atoms with E-state index in [1.807, 2.05) is 0 Å². The SMILES string of the molecule is O=S(=O)(Nc1ccc(-c2noc(-c3ccc(F)c(Cl)c3)n2)cc1)c1cccs1. The van der Waals surface area contributed by atoms with E-state index < -0.39 is 15.8 Å². The molecule has 0 unspecified atom stereocenters. The molecule has 4 aromatic rings. The van der Waals surface area contributed by atoms with Crippen molar-refractivity contribution < 1.29 is 17.3 Å². The maximum atomic E-state index is 13.3. The lowest BCUT2D eigenvalue weighted by atomic mass is 10.2. The van der Waals surface area contributed by atoms with Crippen molar-refractivity contribution in [2.45, 2.75) is 4.21 Å². The normalized spacial score (nSPS) is 11.5. The molecule has 2 aromatic heterocycles. The van der Waals surface area contributed by atoms with Gasteiger partial charge in [0.05, 0.1) is 5.02 Å². The first-order valence-electron chi connectivity index (χ1n) is 7.88. The summed E-state index contributed by atoms with van der Waals surface area (Å²) in [7, 11) is -3.61. The van der Waals surface area contributed by atoms with Gasteiger partial charge in [0, 0.05) is 16.8 Å². The lowest BCUT2D eigenvalue weighted by Crippen LogP contribution is -2.11. The number of rotatable bonds is 5. The molecule has 0 aliphatic rings. The molecule has 4 rings (SSSR count). The summed E-state index contributed by atoms with van der Waals surface area (Å²) in [6.07, 6.45) is 0. The van der Waals surface area contributed by atoms with Gasteiger partial charge in [0.2, 0.25) is 5.82 Å². The van der Waals surface area contributed by atoms with Crippen molar-refractivity contribution in [3.05, 3.63) is 70.8 Å². The van der Waals surface area contributed by atoms with Gasteiger partial charge in [-0.2, -0.15) is 4.98 Å². The van der Waals surface area contributed by atoms with Gasteiger partial charge < -0.3 is 4.52 Å². The van der Waals surface area contributed by atoms with Gasteiger partial charge in [0.15, 0.2) is 0 Å². The van der Waals surface area contributed by atoms with Crippen LogP contribution in [0.15, 0.2) is 68.7 Å². The minimum atomic E-state index is -3.61. The number of hydrogen-bond acceptors (Lipinski definition) is 6. The Hall–Kier alpha value is -2.75. The highest BCUT2D eigenvalue weighted by Crippen LogP contribution is 2.27. The Morgan fingerprint density at radius 1 is 1.07 bits per heavy atom. The van der Waals surface area contributed by atoms with E-state index in [1.54, 1.807) is 35.7 Å². The summed E-state index contributed by atoms with van der Waals surface area (Å²) in [5.74, 6) is -0.0340. The van der Waals surface area contributed by atoms with Crippen LogP contribution in [-0.2, 0) is 10.0 Å². The van der Waals surface area contributed by atoms with Crippen LogP contribution in [0.5, 0.6) is 0 Å². The molecule has 0 aliphatic heterocycles. The molecule has 0 atom stereocenters. The third-order valence-corrected chi connectivity index (χ3v) is 6.82. The highest BCUT2D eigenvalue weighted by atomic mass is 35.5. The molecule has 0 radical (unpaired) electrons. The highest BCUT2D eigenvalue weighted by Gasteiger charge is 2.16. The molecule has 1 N–H and O–H groups in total. The molecule has 0 saturated heterocycles. The summed E-state index contributed by atoms with van der Waals surface area (Å²) in [5.41, 5.74) is 1.53. The standard InChI is InChI=1S/C18H11ClFN3O3S2/c19-14-10-12(5-8-15(14)20)18-21-17(22-26-18)11-3-6-13(7-4-11)23-28(24,25)16-2-1-9-27-16/h1-10,23H. The van der Waals surface area contributed by atoms with Crippen molar-refractivity contribution in [3.63, 3.8) is 0 Å². The van der Waals surface area contributed by atoms with Crippen molar-refractivity contribution in [2.24, 2.45) is 0 Å². The third kappa shape index (κ3) is 3.77. The average Bonchev–Trinajstić information content (AvgIpc) is 3.37. The summed E-state index contributed by atoms with van der Waals surface area (Å²) in [6.45, 7) is 0. The zero-order valence-electron chi connectivity index (χ0n) is 14.0. The van der Waals surface area contributed by atoms with E-state index >= 15 is 0 Å². The van der Waals surface area contributed by atoms with E-state index in [9.17, 15) is 12.8 Å². The second-order valence-electron chi connectivity index (χ2n) is 5.67. The molecule has 10 heteroatoms. The summed E-state index contributed by atoms with van der Waals surface area (Å²) >= 11 is 6.91. The molecule has 142 valence electrons. The van der Waals surface area contributed by atoms with Crippen molar-refractivity contribution >= 4 is 38.6 Å². The fourth-order valence-corrected chi connectivity index (χ4v) is 4.63. The lowest BCUT2D eigenvalue weighted by Gasteiger charge is -2.06. The van der Waals surface area contributed by atoms with E-state index in [0.29, 0.717) is 22.6 Å². The molecule has 0 aliphatic carbocycles. The number of halogens is 2. The Labute approximate surface area is 168 Å². The van der Waals surface area contributed by atoms with Crippen LogP contribution in [0.25, 0.3) is 22.8 Å².